The molecule has 150 valence electrons. The lowest BCUT2D eigenvalue weighted by Gasteiger charge is -2.09. The molecule has 2 aromatic carbocycles. The van der Waals surface area contributed by atoms with Gasteiger partial charge in [-0.2, -0.15) is 10.5 Å². The van der Waals surface area contributed by atoms with Crippen LogP contribution in [0, 0.1) is 22.7 Å². The summed E-state index contributed by atoms with van der Waals surface area (Å²) in [6.45, 7) is 0. The number of hydrogen-bond donors (Lipinski definition) is 0. The molecular formula is C20H12BrN3O4S2. The smallest absolute Gasteiger partial charge is 0.242 e. The van der Waals surface area contributed by atoms with Gasteiger partial charge in [0, 0.05) is 10.7 Å². The van der Waals surface area contributed by atoms with Crippen molar-refractivity contribution in [3.05, 3.63) is 87.5 Å². The molecule has 0 saturated carbocycles. The van der Waals surface area contributed by atoms with Crippen LogP contribution >= 0.6 is 15.9 Å². The molecule has 1 heterocycles. The van der Waals surface area contributed by atoms with Gasteiger partial charge in [-0.1, -0.05) is 22.0 Å². The predicted molar refractivity (Wildman–Crippen MR) is 113 cm³/mol. The van der Waals surface area contributed by atoms with Gasteiger partial charge in [0.25, 0.3) is 10.0 Å². The minimum atomic E-state index is -4.15. The van der Waals surface area contributed by atoms with Crippen molar-refractivity contribution in [2.45, 2.75) is 9.79 Å². The van der Waals surface area contributed by atoms with Crippen LogP contribution in [0.1, 0.15) is 11.3 Å². The highest BCUT2D eigenvalue weighted by molar-refractivity contribution is 9.10. The molecule has 30 heavy (non-hydrogen) atoms. The summed E-state index contributed by atoms with van der Waals surface area (Å²) in [5.41, 5.74) is 0.144. The molecule has 1 aromatic heterocycles. The van der Waals surface area contributed by atoms with E-state index < -0.39 is 24.8 Å². The molecule has 7 nitrogen and oxygen atoms in total. The van der Waals surface area contributed by atoms with Crippen molar-refractivity contribution in [1.29, 1.82) is 10.5 Å². The van der Waals surface area contributed by atoms with E-state index in [0.29, 0.717) is 4.47 Å². The molecule has 0 amide bonds. The van der Waals surface area contributed by atoms with Crippen molar-refractivity contribution in [2.24, 2.45) is 0 Å². The molecule has 0 aliphatic rings. The van der Waals surface area contributed by atoms with E-state index in [1.54, 1.807) is 6.07 Å². The molecule has 3 rings (SSSR count). The molecule has 0 bridgehead atoms. The maximum Gasteiger partial charge on any atom is 0.268 e. The first kappa shape index (κ1) is 21.5. The Morgan fingerprint density at radius 2 is 1.63 bits per heavy atom. The van der Waals surface area contributed by atoms with E-state index in [9.17, 15) is 22.1 Å². The minimum Gasteiger partial charge on any atom is -0.242 e. The van der Waals surface area contributed by atoms with Gasteiger partial charge >= 0.3 is 0 Å². The van der Waals surface area contributed by atoms with Crippen LogP contribution in [-0.4, -0.2) is 20.8 Å². The van der Waals surface area contributed by atoms with Crippen LogP contribution in [-0.2, 0) is 19.9 Å². The second kappa shape index (κ2) is 8.28. The lowest BCUT2D eigenvalue weighted by atomic mass is 10.2. The Balaban J connectivity index is 2.11. The molecule has 0 spiro atoms. The van der Waals surface area contributed by atoms with E-state index in [1.807, 2.05) is 6.07 Å². The molecule has 3 aromatic rings. The summed E-state index contributed by atoms with van der Waals surface area (Å²) in [5.74, 6) is 0. The highest BCUT2D eigenvalue weighted by atomic mass is 79.9. The molecule has 0 unspecified atom stereocenters. The van der Waals surface area contributed by atoms with Crippen LogP contribution in [0.5, 0.6) is 0 Å². The van der Waals surface area contributed by atoms with Crippen LogP contribution in [0.15, 0.2) is 86.0 Å². The Morgan fingerprint density at radius 3 is 2.27 bits per heavy atom. The van der Waals surface area contributed by atoms with Gasteiger partial charge < -0.3 is 0 Å². The van der Waals surface area contributed by atoms with Gasteiger partial charge in [0.05, 0.1) is 27.1 Å². The third kappa shape index (κ3) is 4.07. The first-order chi connectivity index (χ1) is 14.2. The number of allylic oxidation sites excluding steroid dienone is 1. The summed E-state index contributed by atoms with van der Waals surface area (Å²) < 4.78 is 53.2. The Morgan fingerprint density at radius 1 is 0.933 bits per heavy atom. The first-order valence-corrected chi connectivity index (χ1v) is 12.0. The zero-order chi connectivity index (χ0) is 21.9. The normalized spacial score (nSPS) is 12.2. The summed E-state index contributed by atoms with van der Waals surface area (Å²) >= 11 is 3.21. The second-order valence-electron chi connectivity index (χ2n) is 5.95. The second-order valence-corrected chi connectivity index (χ2v) is 10.6. The fraction of sp³-hybridized carbons (Fsp3) is 0. The van der Waals surface area contributed by atoms with E-state index >= 15 is 0 Å². The summed E-state index contributed by atoms with van der Waals surface area (Å²) in [5, 5.41) is 18.5. The molecule has 0 N–H and O–H groups in total. The zero-order valence-electron chi connectivity index (χ0n) is 15.1. The maximum absolute atomic E-state index is 13.0. The highest BCUT2D eigenvalue weighted by Gasteiger charge is 2.24. The van der Waals surface area contributed by atoms with Crippen LogP contribution in [0.4, 0.5) is 0 Å². The Labute approximate surface area is 182 Å². The highest BCUT2D eigenvalue weighted by Crippen LogP contribution is 2.25. The third-order valence-electron chi connectivity index (χ3n) is 4.07. The lowest BCUT2D eigenvalue weighted by Crippen LogP contribution is -2.14. The van der Waals surface area contributed by atoms with Gasteiger partial charge in [-0.3, -0.25) is 0 Å². The molecule has 0 fully saturated rings. The predicted octanol–water partition coefficient (Wildman–Crippen LogP) is 3.70. The number of halogens is 1. The van der Waals surface area contributed by atoms with E-state index in [1.165, 1.54) is 66.9 Å². The van der Waals surface area contributed by atoms with Gasteiger partial charge in [0.2, 0.25) is 9.84 Å². The van der Waals surface area contributed by atoms with Crippen molar-refractivity contribution in [3.63, 3.8) is 0 Å². The van der Waals surface area contributed by atoms with E-state index in [-0.39, 0.29) is 21.0 Å². The number of nitrogens with zero attached hydrogens (tertiary/aromatic N) is 3. The Bertz CT molecular complexity index is 1440. The monoisotopic (exact) mass is 501 g/mol. The largest absolute Gasteiger partial charge is 0.268 e. The van der Waals surface area contributed by atoms with Gasteiger partial charge in [0.1, 0.15) is 6.07 Å². The van der Waals surface area contributed by atoms with Gasteiger partial charge in [-0.15, -0.1) is 0 Å². The van der Waals surface area contributed by atoms with Crippen molar-refractivity contribution in [3.8, 4) is 12.1 Å². The summed E-state index contributed by atoms with van der Waals surface area (Å²) in [6, 6.07) is 17.5. The number of sulfone groups is 1. The summed E-state index contributed by atoms with van der Waals surface area (Å²) in [6.07, 6.45) is 2.24. The van der Waals surface area contributed by atoms with Gasteiger partial charge in [0.15, 0.2) is 4.91 Å². The van der Waals surface area contributed by atoms with Crippen LogP contribution in [0.3, 0.4) is 0 Å². The summed E-state index contributed by atoms with van der Waals surface area (Å²) in [4.78, 5) is -0.839. The maximum atomic E-state index is 13.0. The first-order valence-electron chi connectivity index (χ1n) is 8.26. The average Bonchev–Trinajstić information content (AvgIpc) is 3.21. The lowest BCUT2D eigenvalue weighted by molar-refractivity contribution is 0.587. The average molecular weight is 502 g/mol. The molecular weight excluding hydrogens is 490 g/mol. The van der Waals surface area contributed by atoms with Gasteiger partial charge in [-0.05, 0) is 60.7 Å². The Hall–Kier alpha value is -3.18. The topological polar surface area (TPSA) is 121 Å². The van der Waals surface area contributed by atoms with Crippen molar-refractivity contribution in [2.75, 3.05) is 0 Å². The summed E-state index contributed by atoms with van der Waals surface area (Å²) in [7, 11) is -8.27. The molecule has 0 radical (unpaired) electrons. The number of hydrogen-bond acceptors (Lipinski definition) is 6. The quantitative estimate of drug-likeness (QED) is 0.491. The van der Waals surface area contributed by atoms with E-state index in [2.05, 4.69) is 15.9 Å². The fourth-order valence-electron chi connectivity index (χ4n) is 2.59. The SMILES string of the molecule is N#C/C(=C\c1cccn1S(=O)(=O)c1cccc(C#N)c1)S(=O)(=O)c1ccc(Br)cc1. The number of benzene rings is 2. The Kier molecular flexibility index (Phi) is 5.94. The van der Waals surface area contributed by atoms with Crippen molar-refractivity contribution < 1.29 is 16.8 Å². The molecule has 0 aliphatic heterocycles. The van der Waals surface area contributed by atoms with Crippen molar-refractivity contribution in [1.82, 2.24) is 3.97 Å². The fourth-order valence-corrected chi connectivity index (χ4v) is 5.38. The molecule has 0 atom stereocenters. The number of nitriles is 2. The number of rotatable bonds is 5. The molecule has 0 saturated heterocycles. The van der Waals surface area contributed by atoms with E-state index in [0.717, 1.165) is 10.0 Å². The standard InChI is InChI=1S/C20H12BrN3O4S2/c21-16-6-8-18(9-7-16)29(25,26)20(14-23)12-17-4-2-10-24(17)30(27,28)19-5-1-3-15(11-19)13-22/h1-12H/b20-12+. The molecule has 0 aliphatic carbocycles. The molecule has 10 heteroatoms. The van der Waals surface area contributed by atoms with Crippen molar-refractivity contribution >= 4 is 41.9 Å². The third-order valence-corrected chi connectivity index (χ3v) is 7.98. The van der Waals surface area contributed by atoms with Crippen LogP contribution in [0.25, 0.3) is 6.08 Å². The van der Waals surface area contributed by atoms with E-state index in [4.69, 9.17) is 5.26 Å². The van der Waals surface area contributed by atoms with Crippen LogP contribution < -0.4 is 0 Å². The van der Waals surface area contributed by atoms with Gasteiger partial charge in [-0.25, -0.2) is 20.8 Å². The zero-order valence-corrected chi connectivity index (χ0v) is 18.3. The minimum absolute atomic E-state index is 0.0189. The van der Waals surface area contributed by atoms with Crippen LogP contribution in [0.2, 0.25) is 0 Å². The number of aromatic nitrogens is 1.